The first kappa shape index (κ1) is 31.7. The number of rotatable bonds is 14. The third-order valence-electron chi connectivity index (χ3n) is 4.43. The van der Waals surface area contributed by atoms with Gasteiger partial charge in [-0.05, 0) is 62.3 Å². The van der Waals surface area contributed by atoms with Gasteiger partial charge in [0.1, 0.15) is 0 Å². The third kappa shape index (κ3) is 10.6. The first-order chi connectivity index (χ1) is 16.6. The second kappa shape index (κ2) is 16.4. The number of hydrogen-bond donors (Lipinski definition) is 0. The molecule has 0 radical (unpaired) electrons. The van der Waals surface area contributed by atoms with Crippen molar-refractivity contribution >= 4 is 28.0 Å². The summed E-state index contributed by atoms with van der Waals surface area (Å²) in [5.74, 6) is 0. The van der Waals surface area contributed by atoms with Crippen molar-refractivity contribution in [2.24, 2.45) is 0 Å². The van der Waals surface area contributed by atoms with Gasteiger partial charge in [-0.1, -0.05) is 60.7 Å². The van der Waals surface area contributed by atoms with Gasteiger partial charge in [-0.25, -0.2) is 0 Å². The van der Waals surface area contributed by atoms with Gasteiger partial charge >= 0.3 is 17.6 Å². The van der Waals surface area contributed by atoms with Gasteiger partial charge in [-0.3, -0.25) is 0 Å². The smallest absolute Gasteiger partial charge is 0.370 e. The van der Waals surface area contributed by atoms with Crippen molar-refractivity contribution in [1.82, 2.24) is 0 Å². The SMILES string of the molecule is CC(C)O[Si](OC(C)C)(OC(C)C)c1ccccc1.CCO[Si](OCC)(OCC)c1ccccc1. The molecule has 0 spiro atoms. The van der Waals surface area contributed by atoms with E-state index in [1.807, 2.05) is 123 Å². The van der Waals surface area contributed by atoms with Gasteiger partial charge in [-0.15, -0.1) is 0 Å². The maximum absolute atomic E-state index is 6.14. The Morgan fingerprint density at radius 2 is 0.771 bits per heavy atom. The van der Waals surface area contributed by atoms with Crippen LogP contribution in [0.3, 0.4) is 0 Å². The lowest BCUT2D eigenvalue weighted by molar-refractivity contribution is 0.0153. The fourth-order valence-electron chi connectivity index (χ4n) is 3.45. The Hall–Kier alpha value is -1.37. The van der Waals surface area contributed by atoms with Crippen LogP contribution >= 0.6 is 0 Å². The van der Waals surface area contributed by atoms with Crippen LogP contribution in [0.25, 0.3) is 0 Å². The minimum Gasteiger partial charge on any atom is -0.370 e. The predicted octanol–water partition coefficient (Wildman–Crippen LogP) is 5.05. The summed E-state index contributed by atoms with van der Waals surface area (Å²) in [7, 11) is -5.53. The van der Waals surface area contributed by atoms with E-state index in [4.69, 9.17) is 26.6 Å². The molecule has 0 saturated heterocycles. The second-order valence-electron chi connectivity index (χ2n) is 8.64. The van der Waals surface area contributed by atoms with Crippen LogP contribution in [0.1, 0.15) is 62.3 Å². The number of benzene rings is 2. The Morgan fingerprint density at radius 1 is 0.486 bits per heavy atom. The van der Waals surface area contributed by atoms with Crippen molar-refractivity contribution in [3.05, 3.63) is 60.7 Å². The highest BCUT2D eigenvalue weighted by atomic mass is 28.4. The molecular formula is C27H46O6Si2. The van der Waals surface area contributed by atoms with Crippen molar-refractivity contribution in [2.45, 2.75) is 80.6 Å². The topological polar surface area (TPSA) is 55.4 Å². The quantitative estimate of drug-likeness (QED) is 0.324. The fourth-order valence-corrected chi connectivity index (χ4v) is 8.98. The molecule has 0 N–H and O–H groups in total. The van der Waals surface area contributed by atoms with E-state index in [2.05, 4.69) is 0 Å². The van der Waals surface area contributed by atoms with Gasteiger partial charge in [0, 0.05) is 48.5 Å². The molecule has 0 atom stereocenters. The lowest BCUT2D eigenvalue weighted by atomic mass is 10.4. The average Bonchev–Trinajstić information content (AvgIpc) is 2.80. The molecule has 0 aliphatic rings. The van der Waals surface area contributed by atoms with Gasteiger partial charge in [0.15, 0.2) is 0 Å². The summed E-state index contributed by atoms with van der Waals surface area (Å²) in [5.41, 5.74) is 0. The molecule has 2 aromatic rings. The largest absolute Gasteiger partial charge is 0.537 e. The van der Waals surface area contributed by atoms with Gasteiger partial charge in [0.2, 0.25) is 0 Å². The maximum atomic E-state index is 6.14. The zero-order valence-electron chi connectivity index (χ0n) is 23.1. The van der Waals surface area contributed by atoms with Gasteiger partial charge in [0.25, 0.3) is 0 Å². The summed E-state index contributed by atoms with van der Waals surface area (Å²) < 4.78 is 35.8. The van der Waals surface area contributed by atoms with E-state index in [1.165, 1.54) is 0 Å². The first-order valence-electron chi connectivity index (χ1n) is 12.7. The zero-order valence-corrected chi connectivity index (χ0v) is 25.1. The maximum Gasteiger partial charge on any atom is 0.537 e. The van der Waals surface area contributed by atoms with Gasteiger partial charge in [0.05, 0.1) is 0 Å². The normalized spacial score (nSPS) is 12.2. The van der Waals surface area contributed by atoms with Crippen LogP contribution in [0.2, 0.25) is 0 Å². The van der Waals surface area contributed by atoms with E-state index in [-0.39, 0.29) is 18.3 Å². The molecule has 0 fully saturated rings. The van der Waals surface area contributed by atoms with E-state index >= 15 is 0 Å². The summed E-state index contributed by atoms with van der Waals surface area (Å²) in [5, 5.41) is 2.05. The molecule has 8 heteroatoms. The van der Waals surface area contributed by atoms with Crippen molar-refractivity contribution in [1.29, 1.82) is 0 Å². The van der Waals surface area contributed by atoms with E-state index in [9.17, 15) is 0 Å². The summed E-state index contributed by atoms with van der Waals surface area (Å²) >= 11 is 0. The third-order valence-corrected chi connectivity index (χ3v) is 10.9. The Kier molecular flexibility index (Phi) is 14.8. The van der Waals surface area contributed by atoms with Crippen molar-refractivity contribution in [2.75, 3.05) is 19.8 Å². The molecule has 0 aromatic heterocycles. The Bertz CT molecular complexity index is 743. The lowest BCUT2D eigenvalue weighted by Gasteiger charge is -2.34. The van der Waals surface area contributed by atoms with Crippen LogP contribution < -0.4 is 10.4 Å². The standard InChI is InChI=1S/C15H26O3Si.C12H20O3Si/c1-12(2)16-19(17-13(3)4,18-14(5)6)15-10-8-7-9-11-15;1-4-13-16(14-5-2,15-6-3)12-10-8-7-9-11-12/h7-14H,1-6H3;7-11H,4-6H2,1-3H3. The molecule has 198 valence electrons. The minimum atomic E-state index is -2.86. The molecule has 6 nitrogen and oxygen atoms in total. The fraction of sp³-hybridized carbons (Fsp3) is 0.556. The van der Waals surface area contributed by atoms with Crippen LogP contribution in [0, 0.1) is 0 Å². The highest BCUT2D eigenvalue weighted by Gasteiger charge is 2.46. The predicted molar refractivity (Wildman–Crippen MR) is 147 cm³/mol. The molecule has 0 saturated carbocycles. The first-order valence-corrected chi connectivity index (χ1v) is 16.2. The average molecular weight is 523 g/mol. The number of hydrogen-bond acceptors (Lipinski definition) is 6. The van der Waals surface area contributed by atoms with Crippen LogP contribution in [0.5, 0.6) is 0 Å². The summed E-state index contributed by atoms with van der Waals surface area (Å²) in [4.78, 5) is 0. The monoisotopic (exact) mass is 522 g/mol. The van der Waals surface area contributed by atoms with Crippen molar-refractivity contribution in [3.63, 3.8) is 0 Å². The van der Waals surface area contributed by atoms with Crippen LogP contribution in [0.15, 0.2) is 60.7 Å². The van der Waals surface area contributed by atoms with Gasteiger partial charge < -0.3 is 26.6 Å². The van der Waals surface area contributed by atoms with E-state index in [0.717, 1.165) is 10.4 Å². The summed E-state index contributed by atoms with van der Waals surface area (Å²) in [6.45, 7) is 19.7. The van der Waals surface area contributed by atoms with Crippen LogP contribution in [-0.2, 0) is 26.6 Å². The van der Waals surface area contributed by atoms with Crippen molar-refractivity contribution < 1.29 is 26.6 Å². The lowest BCUT2D eigenvalue weighted by Crippen LogP contribution is -2.60. The highest BCUT2D eigenvalue weighted by Crippen LogP contribution is 2.18. The summed E-state index contributed by atoms with van der Waals surface area (Å²) in [6, 6.07) is 20.0. The molecule has 2 rings (SSSR count). The highest BCUT2D eigenvalue weighted by molar-refractivity contribution is 6.75. The Balaban J connectivity index is 0.000000355. The second-order valence-corrected chi connectivity index (χ2v) is 13.6. The summed E-state index contributed by atoms with van der Waals surface area (Å²) in [6.07, 6.45) is 0.179. The minimum absolute atomic E-state index is 0.0596. The Morgan fingerprint density at radius 3 is 1.03 bits per heavy atom. The molecular weight excluding hydrogens is 476 g/mol. The molecule has 0 bridgehead atoms. The van der Waals surface area contributed by atoms with E-state index < -0.39 is 17.6 Å². The molecule has 2 aromatic carbocycles. The van der Waals surface area contributed by atoms with Crippen molar-refractivity contribution in [3.8, 4) is 0 Å². The molecule has 0 heterocycles. The molecule has 0 aliphatic carbocycles. The zero-order chi connectivity index (χ0) is 26.3. The van der Waals surface area contributed by atoms with Crippen LogP contribution in [-0.4, -0.2) is 55.7 Å². The van der Waals surface area contributed by atoms with Crippen LogP contribution in [0.4, 0.5) is 0 Å². The van der Waals surface area contributed by atoms with E-state index in [1.54, 1.807) is 0 Å². The molecule has 0 amide bonds. The molecule has 0 unspecified atom stereocenters. The molecule has 35 heavy (non-hydrogen) atoms. The molecule has 0 aliphatic heterocycles. The van der Waals surface area contributed by atoms with E-state index in [0.29, 0.717) is 19.8 Å². The Labute approximate surface area is 215 Å². The van der Waals surface area contributed by atoms with Gasteiger partial charge in [-0.2, -0.15) is 0 Å².